The quantitative estimate of drug-likeness (QED) is 0.862. The van der Waals surface area contributed by atoms with Gasteiger partial charge < -0.3 is 9.88 Å². The Morgan fingerprint density at radius 2 is 2.11 bits per heavy atom. The number of para-hydroxylation sites is 1. The van der Waals surface area contributed by atoms with E-state index in [0.29, 0.717) is 6.42 Å². The maximum Gasteiger partial charge on any atom is 0.221 e. The molecule has 1 amide bonds. The molecule has 1 aromatic carbocycles. The summed E-state index contributed by atoms with van der Waals surface area (Å²) in [6.45, 7) is 4.84. The van der Waals surface area contributed by atoms with Crippen LogP contribution in [-0.2, 0) is 11.3 Å². The van der Waals surface area contributed by atoms with E-state index in [1.165, 1.54) is 10.9 Å². The SMILES string of the molecule is CCC(C)NC(=O)CCn1ccc2ccccc21. The molecule has 0 aliphatic carbocycles. The van der Waals surface area contributed by atoms with E-state index >= 15 is 0 Å². The van der Waals surface area contributed by atoms with Crippen LogP contribution in [-0.4, -0.2) is 16.5 Å². The average Bonchev–Trinajstić information content (AvgIpc) is 2.79. The van der Waals surface area contributed by atoms with Gasteiger partial charge in [-0.1, -0.05) is 25.1 Å². The number of carbonyl (C=O) groups is 1. The second-order valence-electron chi connectivity index (χ2n) is 4.69. The van der Waals surface area contributed by atoms with Crippen LogP contribution in [0.2, 0.25) is 0 Å². The molecule has 0 bridgehead atoms. The highest BCUT2D eigenvalue weighted by Gasteiger charge is 2.06. The van der Waals surface area contributed by atoms with Crippen LogP contribution in [0.3, 0.4) is 0 Å². The summed E-state index contributed by atoms with van der Waals surface area (Å²) in [6, 6.07) is 10.6. The van der Waals surface area contributed by atoms with Crippen LogP contribution in [0.1, 0.15) is 26.7 Å². The van der Waals surface area contributed by atoms with Gasteiger partial charge in [0.15, 0.2) is 0 Å². The summed E-state index contributed by atoms with van der Waals surface area (Å²) in [6.07, 6.45) is 3.54. The lowest BCUT2D eigenvalue weighted by Gasteiger charge is -2.11. The molecule has 0 aliphatic heterocycles. The lowest BCUT2D eigenvalue weighted by atomic mass is 10.2. The zero-order chi connectivity index (χ0) is 13.0. The predicted octanol–water partition coefficient (Wildman–Crippen LogP) is 2.95. The van der Waals surface area contributed by atoms with Gasteiger partial charge in [-0.15, -0.1) is 0 Å². The molecule has 1 N–H and O–H groups in total. The third-order valence-corrected chi connectivity index (χ3v) is 3.28. The molecule has 0 spiro atoms. The molecule has 0 radical (unpaired) electrons. The zero-order valence-electron chi connectivity index (χ0n) is 11.0. The van der Waals surface area contributed by atoms with E-state index in [1.807, 2.05) is 25.3 Å². The van der Waals surface area contributed by atoms with Crippen LogP contribution >= 0.6 is 0 Å². The Balaban J connectivity index is 1.96. The van der Waals surface area contributed by atoms with Crippen LogP contribution in [0, 0.1) is 0 Å². The van der Waals surface area contributed by atoms with E-state index in [2.05, 4.69) is 35.0 Å². The van der Waals surface area contributed by atoms with Gasteiger partial charge in [-0.25, -0.2) is 0 Å². The molecule has 2 aromatic rings. The molecular formula is C15H20N2O. The van der Waals surface area contributed by atoms with Gasteiger partial charge in [-0.05, 0) is 30.9 Å². The number of amides is 1. The summed E-state index contributed by atoms with van der Waals surface area (Å²) < 4.78 is 2.13. The number of hydrogen-bond acceptors (Lipinski definition) is 1. The van der Waals surface area contributed by atoms with E-state index in [0.717, 1.165) is 13.0 Å². The van der Waals surface area contributed by atoms with Crippen molar-refractivity contribution in [3.05, 3.63) is 36.5 Å². The van der Waals surface area contributed by atoms with Crippen LogP contribution in [0.15, 0.2) is 36.5 Å². The first kappa shape index (κ1) is 12.7. The van der Waals surface area contributed by atoms with Crippen molar-refractivity contribution >= 4 is 16.8 Å². The number of nitrogens with zero attached hydrogens (tertiary/aromatic N) is 1. The van der Waals surface area contributed by atoms with Gasteiger partial charge in [-0.3, -0.25) is 4.79 Å². The topological polar surface area (TPSA) is 34.0 Å². The standard InChI is InChI=1S/C15H20N2O/c1-3-12(2)16-15(18)9-11-17-10-8-13-6-4-5-7-14(13)17/h4-8,10,12H,3,9,11H2,1-2H3,(H,16,18). The molecule has 1 aromatic heterocycles. The van der Waals surface area contributed by atoms with E-state index in [-0.39, 0.29) is 11.9 Å². The smallest absolute Gasteiger partial charge is 0.221 e. The number of fused-ring (bicyclic) bond motifs is 1. The van der Waals surface area contributed by atoms with E-state index < -0.39 is 0 Å². The maximum absolute atomic E-state index is 11.7. The Hall–Kier alpha value is -1.77. The summed E-state index contributed by atoms with van der Waals surface area (Å²) in [7, 11) is 0. The van der Waals surface area contributed by atoms with Crippen molar-refractivity contribution in [2.45, 2.75) is 39.3 Å². The van der Waals surface area contributed by atoms with Gasteiger partial charge in [0.25, 0.3) is 0 Å². The number of carbonyl (C=O) groups excluding carboxylic acids is 1. The van der Waals surface area contributed by atoms with Crippen molar-refractivity contribution in [1.29, 1.82) is 0 Å². The Kier molecular flexibility index (Phi) is 4.03. The fraction of sp³-hybridized carbons (Fsp3) is 0.400. The Morgan fingerprint density at radius 3 is 2.89 bits per heavy atom. The van der Waals surface area contributed by atoms with Gasteiger partial charge in [0.1, 0.15) is 0 Å². The summed E-state index contributed by atoms with van der Waals surface area (Å²) in [5, 5.41) is 4.21. The molecule has 0 fully saturated rings. The maximum atomic E-state index is 11.7. The molecule has 1 unspecified atom stereocenters. The van der Waals surface area contributed by atoms with Crippen molar-refractivity contribution in [3.8, 4) is 0 Å². The van der Waals surface area contributed by atoms with Crippen LogP contribution in [0.4, 0.5) is 0 Å². The largest absolute Gasteiger partial charge is 0.354 e. The molecule has 1 atom stereocenters. The Bertz CT molecular complexity index is 530. The molecule has 3 heteroatoms. The first-order valence-corrected chi connectivity index (χ1v) is 6.54. The van der Waals surface area contributed by atoms with Crippen molar-refractivity contribution in [2.24, 2.45) is 0 Å². The lowest BCUT2D eigenvalue weighted by Crippen LogP contribution is -2.32. The van der Waals surface area contributed by atoms with E-state index in [4.69, 9.17) is 0 Å². The molecule has 18 heavy (non-hydrogen) atoms. The molecule has 3 nitrogen and oxygen atoms in total. The first-order chi connectivity index (χ1) is 8.70. The lowest BCUT2D eigenvalue weighted by molar-refractivity contribution is -0.121. The van der Waals surface area contributed by atoms with E-state index in [9.17, 15) is 4.79 Å². The highest BCUT2D eigenvalue weighted by Crippen LogP contribution is 2.15. The monoisotopic (exact) mass is 244 g/mol. The van der Waals surface area contributed by atoms with E-state index in [1.54, 1.807) is 0 Å². The number of aryl methyl sites for hydroxylation is 1. The van der Waals surface area contributed by atoms with Crippen molar-refractivity contribution < 1.29 is 4.79 Å². The minimum absolute atomic E-state index is 0.127. The van der Waals surface area contributed by atoms with Crippen molar-refractivity contribution in [2.75, 3.05) is 0 Å². The normalized spacial score (nSPS) is 12.6. The molecule has 1 heterocycles. The number of aromatic nitrogens is 1. The fourth-order valence-corrected chi connectivity index (χ4v) is 2.01. The Labute approximate surface area is 108 Å². The number of benzene rings is 1. The highest BCUT2D eigenvalue weighted by molar-refractivity contribution is 5.80. The third-order valence-electron chi connectivity index (χ3n) is 3.28. The molecule has 96 valence electrons. The summed E-state index contributed by atoms with van der Waals surface area (Å²) in [5.74, 6) is 0.127. The molecule has 0 aliphatic rings. The second kappa shape index (κ2) is 5.71. The summed E-state index contributed by atoms with van der Waals surface area (Å²) in [5.41, 5.74) is 1.19. The minimum Gasteiger partial charge on any atom is -0.354 e. The van der Waals surface area contributed by atoms with Crippen molar-refractivity contribution in [1.82, 2.24) is 9.88 Å². The molecule has 0 saturated heterocycles. The Morgan fingerprint density at radius 1 is 1.33 bits per heavy atom. The minimum atomic E-state index is 0.127. The zero-order valence-corrected chi connectivity index (χ0v) is 11.0. The van der Waals surface area contributed by atoms with Crippen molar-refractivity contribution in [3.63, 3.8) is 0 Å². The van der Waals surface area contributed by atoms with Gasteiger partial charge in [-0.2, -0.15) is 0 Å². The summed E-state index contributed by atoms with van der Waals surface area (Å²) in [4.78, 5) is 11.7. The first-order valence-electron chi connectivity index (χ1n) is 6.54. The van der Waals surface area contributed by atoms with Gasteiger partial charge >= 0.3 is 0 Å². The highest BCUT2D eigenvalue weighted by atomic mass is 16.1. The van der Waals surface area contributed by atoms with Gasteiger partial charge in [0.2, 0.25) is 5.91 Å². The molecule has 2 rings (SSSR count). The van der Waals surface area contributed by atoms with Gasteiger partial charge in [0.05, 0.1) is 0 Å². The molecule has 0 saturated carbocycles. The number of hydrogen-bond donors (Lipinski definition) is 1. The average molecular weight is 244 g/mol. The van der Waals surface area contributed by atoms with Crippen LogP contribution in [0.25, 0.3) is 10.9 Å². The van der Waals surface area contributed by atoms with Crippen LogP contribution < -0.4 is 5.32 Å². The molecular weight excluding hydrogens is 224 g/mol. The second-order valence-corrected chi connectivity index (χ2v) is 4.69. The summed E-state index contributed by atoms with van der Waals surface area (Å²) >= 11 is 0. The third kappa shape index (κ3) is 2.92. The van der Waals surface area contributed by atoms with Gasteiger partial charge in [0, 0.05) is 30.7 Å². The number of rotatable bonds is 5. The number of nitrogens with one attached hydrogen (secondary N) is 1. The fourth-order valence-electron chi connectivity index (χ4n) is 2.01. The predicted molar refractivity (Wildman–Crippen MR) is 74.5 cm³/mol. The van der Waals surface area contributed by atoms with Crippen LogP contribution in [0.5, 0.6) is 0 Å².